The Kier molecular flexibility index (Phi) is 1.78. The fourth-order valence-corrected chi connectivity index (χ4v) is 2.35. The zero-order chi connectivity index (χ0) is 9.47. The van der Waals surface area contributed by atoms with Gasteiger partial charge in [-0.25, -0.2) is 0 Å². The number of benzene rings is 1. The molecule has 13 heavy (non-hydrogen) atoms. The first-order valence-corrected chi connectivity index (χ1v) is 5.35. The summed E-state index contributed by atoms with van der Waals surface area (Å²) in [6.07, 6.45) is -0.977. The molecule has 4 nitrogen and oxygen atoms in total. The van der Waals surface area contributed by atoms with Crippen LogP contribution in [0.2, 0.25) is 0 Å². The number of rotatable bonds is 0. The maximum atomic E-state index is 11.0. The van der Waals surface area contributed by atoms with Crippen LogP contribution in [-0.4, -0.2) is 19.3 Å². The quantitative estimate of drug-likeness (QED) is 0.617. The normalized spacial score (nSPS) is 24.5. The van der Waals surface area contributed by atoms with Crippen molar-refractivity contribution in [2.24, 2.45) is 0 Å². The highest BCUT2D eigenvalue weighted by atomic mass is 32.2. The van der Waals surface area contributed by atoms with Gasteiger partial charge in [0.15, 0.2) is 0 Å². The molecular weight excluding hydrogens is 192 g/mol. The Bertz CT molecular complexity index is 424. The van der Waals surface area contributed by atoms with Crippen molar-refractivity contribution in [3.63, 3.8) is 0 Å². The van der Waals surface area contributed by atoms with E-state index in [0.717, 1.165) is 0 Å². The van der Waals surface area contributed by atoms with E-state index in [0.29, 0.717) is 5.56 Å². The van der Waals surface area contributed by atoms with Crippen molar-refractivity contribution in [3.8, 4) is 5.75 Å². The SMILES string of the molecule is O=S1(=O)CC(O)c2ccccc2O1. The third-order valence-corrected chi connectivity index (χ3v) is 3.01. The van der Waals surface area contributed by atoms with Crippen LogP contribution in [0.4, 0.5) is 0 Å². The molecule has 1 aliphatic rings. The van der Waals surface area contributed by atoms with E-state index in [1.807, 2.05) is 0 Å². The lowest BCUT2D eigenvalue weighted by atomic mass is 10.1. The summed E-state index contributed by atoms with van der Waals surface area (Å²) in [7, 11) is -3.60. The number of hydrogen-bond acceptors (Lipinski definition) is 4. The molecule has 0 radical (unpaired) electrons. The van der Waals surface area contributed by atoms with Gasteiger partial charge in [0.2, 0.25) is 0 Å². The molecule has 5 heteroatoms. The van der Waals surface area contributed by atoms with Crippen LogP contribution in [0, 0.1) is 0 Å². The summed E-state index contributed by atoms with van der Waals surface area (Å²) < 4.78 is 26.8. The van der Waals surface area contributed by atoms with Gasteiger partial charge in [0.1, 0.15) is 11.5 Å². The van der Waals surface area contributed by atoms with Crippen LogP contribution in [0.25, 0.3) is 0 Å². The third kappa shape index (κ3) is 1.52. The second-order valence-corrected chi connectivity index (χ2v) is 4.48. The lowest BCUT2D eigenvalue weighted by Gasteiger charge is -2.20. The van der Waals surface area contributed by atoms with Crippen LogP contribution >= 0.6 is 0 Å². The molecule has 1 atom stereocenters. The van der Waals surface area contributed by atoms with Crippen molar-refractivity contribution in [1.29, 1.82) is 0 Å². The first-order chi connectivity index (χ1) is 6.08. The van der Waals surface area contributed by atoms with E-state index < -0.39 is 16.2 Å². The molecule has 70 valence electrons. The van der Waals surface area contributed by atoms with Crippen LogP contribution in [-0.2, 0) is 10.1 Å². The van der Waals surface area contributed by atoms with E-state index in [2.05, 4.69) is 0 Å². The number of fused-ring (bicyclic) bond motifs is 1. The monoisotopic (exact) mass is 200 g/mol. The van der Waals surface area contributed by atoms with E-state index in [4.69, 9.17) is 4.18 Å². The van der Waals surface area contributed by atoms with Crippen molar-refractivity contribution in [3.05, 3.63) is 29.8 Å². The highest BCUT2D eigenvalue weighted by molar-refractivity contribution is 7.87. The molecule has 0 aromatic heterocycles. The minimum Gasteiger partial charge on any atom is -0.387 e. The van der Waals surface area contributed by atoms with Crippen molar-refractivity contribution in [2.75, 3.05) is 5.75 Å². The predicted octanol–water partition coefficient (Wildman–Crippen LogP) is 0.442. The molecule has 0 bridgehead atoms. The highest BCUT2D eigenvalue weighted by Gasteiger charge is 2.29. The highest BCUT2D eigenvalue weighted by Crippen LogP contribution is 2.31. The molecule has 1 aliphatic heterocycles. The Hall–Kier alpha value is -1.07. The lowest BCUT2D eigenvalue weighted by Crippen LogP contribution is -2.25. The summed E-state index contributed by atoms with van der Waals surface area (Å²) in [6.45, 7) is 0. The average Bonchev–Trinajstić information content (AvgIpc) is 2.02. The second-order valence-electron chi connectivity index (χ2n) is 2.86. The third-order valence-electron chi connectivity index (χ3n) is 1.86. The van der Waals surface area contributed by atoms with Crippen molar-refractivity contribution in [1.82, 2.24) is 0 Å². The fourth-order valence-electron chi connectivity index (χ4n) is 1.29. The van der Waals surface area contributed by atoms with E-state index in [1.54, 1.807) is 18.2 Å². The van der Waals surface area contributed by atoms with E-state index in [1.165, 1.54) is 6.07 Å². The summed E-state index contributed by atoms with van der Waals surface area (Å²) in [5.74, 6) is -0.148. The number of aliphatic hydroxyl groups is 1. The molecule has 1 heterocycles. The molecule has 1 N–H and O–H groups in total. The van der Waals surface area contributed by atoms with Gasteiger partial charge in [0, 0.05) is 5.56 Å². The standard InChI is InChI=1S/C8H8O4S/c9-7-5-13(10,11)12-8-4-2-1-3-6(7)8/h1-4,7,9H,5H2. The first-order valence-electron chi connectivity index (χ1n) is 3.78. The van der Waals surface area contributed by atoms with Gasteiger partial charge in [-0.1, -0.05) is 18.2 Å². The molecule has 1 aromatic carbocycles. The number of aliphatic hydroxyl groups excluding tert-OH is 1. The Morgan fingerprint density at radius 1 is 1.38 bits per heavy atom. The van der Waals surface area contributed by atoms with E-state index in [-0.39, 0.29) is 11.5 Å². The average molecular weight is 200 g/mol. The van der Waals surface area contributed by atoms with Crippen LogP contribution in [0.1, 0.15) is 11.7 Å². The Labute approximate surface area is 75.9 Å². The number of para-hydroxylation sites is 1. The Morgan fingerprint density at radius 2 is 2.08 bits per heavy atom. The van der Waals surface area contributed by atoms with Crippen molar-refractivity contribution < 1.29 is 17.7 Å². The lowest BCUT2D eigenvalue weighted by molar-refractivity contribution is 0.190. The summed E-state index contributed by atoms with van der Waals surface area (Å²) in [5, 5.41) is 9.44. The van der Waals surface area contributed by atoms with Gasteiger partial charge in [0.05, 0.1) is 6.10 Å². The molecule has 0 aliphatic carbocycles. The summed E-state index contributed by atoms with van der Waals surface area (Å²) in [6, 6.07) is 6.56. The van der Waals surface area contributed by atoms with Crippen LogP contribution in [0.5, 0.6) is 5.75 Å². The van der Waals surface area contributed by atoms with Gasteiger partial charge >= 0.3 is 10.1 Å². The largest absolute Gasteiger partial charge is 0.387 e. The molecule has 0 spiro atoms. The van der Waals surface area contributed by atoms with Crippen molar-refractivity contribution in [2.45, 2.75) is 6.10 Å². The smallest absolute Gasteiger partial charge is 0.312 e. The van der Waals surface area contributed by atoms with Gasteiger partial charge in [-0.3, -0.25) is 0 Å². The molecule has 0 saturated carbocycles. The molecule has 2 rings (SSSR count). The molecule has 0 amide bonds. The minimum atomic E-state index is -3.60. The maximum absolute atomic E-state index is 11.0. The van der Waals surface area contributed by atoms with E-state index >= 15 is 0 Å². The zero-order valence-electron chi connectivity index (χ0n) is 6.67. The molecule has 1 unspecified atom stereocenters. The van der Waals surface area contributed by atoms with Crippen molar-refractivity contribution >= 4 is 10.1 Å². The van der Waals surface area contributed by atoms with Gasteiger partial charge in [-0.15, -0.1) is 0 Å². The minimum absolute atomic E-state index is 0.223. The summed E-state index contributed by atoms with van der Waals surface area (Å²) >= 11 is 0. The molecule has 1 aromatic rings. The van der Waals surface area contributed by atoms with Gasteiger partial charge < -0.3 is 9.29 Å². The number of hydrogen-bond donors (Lipinski definition) is 1. The van der Waals surface area contributed by atoms with Gasteiger partial charge in [-0.2, -0.15) is 8.42 Å². The maximum Gasteiger partial charge on any atom is 0.312 e. The van der Waals surface area contributed by atoms with Crippen LogP contribution < -0.4 is 4.18 Å². The predicted molar refractivity (Wildman–Crippen MR) is 45.8 cm³/mol. The molecule has 0 fully saturated rings. The van der Waals surface area contributed by atoms with Gasteiger partial charge in [-0.05, 0) is 6.07 Å². The topological polar surface area (TPSA) is 63.6 Å². The summed E-state index contributed by atoms with van der Waals surface area (Å²) in [5.41, 5.74) is 0.525. The Morgan fingerprint density at radius 3 is 2.85 bits per heavy atom. The Balaban J connectivity index is 2.55. The zero-order valence-corrected chi connectivity index (χ0v) is 7.49. The molecule has 0 saturated heterocycles. The summed E-state index contributed by atoms with van der Waals surface area (Å²) in [4.78, 5) is 0. The second kappa shape index (κ2) is 2.71. The van der Waals surface area contributed by atoms with Crippen LogP contribution in [0.3, 0.4) is 0 Å². The van der Waals surface area contributed by atoms with Crippen LogP contribution in [0.15, 0.2) is 24.3 Å². The first kappa shape index (κ1) is 8.52. The molecular formula is C8H8O4S. The fraction of sp³-hybridized carbons (Fsp3) is 0.250. The van der Waals surface area contributed by atoms with E-state index in [9.17, 15) is 13.5 Å². The van der Waals surface area contributed by atoms with Gasteiger partial charge in [0.25, 0.3) is 0 Å².